The highest BCUT2D eigenvalue weighted by molar-refractivity contribution is 7.99. The quantitative estimate of drug-likeness (QED) is 0.165. The molecule has 12 rings (SSSR count). The van der Waals surface area contributed by atoms with Gasteiger partial charge in [-0.3, -0.25) is 9.97 Å². The number of para-hydroxylation sites is 1. The fourth-order valence-electron chi connectivity index (χ4n) is 9.42. The summed E-state index contributed by atoms with van der Waals surface area (Å²) in [5.41, 5.74) is 11.0. The normalized spacial score (nSPS) is 17.6. The lowest BCUT2D eigenvalue weighted by Gasteiger charge is -2.47. The van der Waals surface area contributed by atoms with Crippen molar-refractivity contribution >= 4 is 56.8 Å². The second kappa shape index (κ2) is 13.1. The van der Waals surface area contributed by atoms with Crippen LogP contribution in [0.4, 0.5) is 0 Å². The van der Waals surface area contributed by atoms with E-state index in [2.05, 4.69) is 107 Å². The topological polar surface area (TPSA) is 68.9 Å². The molecular weight excluding hydrogens is 762 g/mol. The molecule has 0 amide bonds. The van der Waals surface area contributed by atoms with E-state index < -0.39 is 12.6 Å². The van der Waals surface area contributed by atoms with E-state index >= 15 is 4.57 Å². The van der Waals surface area contributed by atoms with Gasteiger partial charge in [-0.2, -0.15) is 0 Å². The standard InChI is InChI=1S/C52H32N3O2PS/c56-58(37-10-2-1-3-11-37)48-16-8-5-13-40(48)52(43-31-39-38-12-4-7-15-46(38)57-47(39)32-49(43)58)41-14-6-9-17-50(41)59-51-30-35(18-19-42(51)52)45-29-36(33-20-24-53-25-21-33)28-44(55-45)34-22-26-54-27-23-34/h1-32H. The number of benzene rings is 6. The molecule has 0 fully saturated rings. The van der Waals surface area contributed by atoms with Crippen molar-refractivity contribution in [1.82, 2.24) is 15.0 Å². The minimum Gasteiger partial charge on any atom is -0.456 e. The molecule has 0 saturated carbocycles. The van der Waals surface area contributed by atoms with Crippen molar-refractivity contribution in [2.75, 3.05) is 0 Å². The molecule has 2 atom stereocenters. The number of hydrogen-bond donors (Lipinski definition) is 0. The third kappa shape index (κ3) is 5.00. The van der Waals surface area contributed by atoms with Gasteiger partial charge >= 0.3 is 0 Å². The van der Waals surface area contributed by atoms with Crippen LogP contribution >= 0.6 is 18.9 Å². The summed E-state index contributed by atoms with van der Waals surface area (Å²) in [6.45, 7) is 0. The zero-order valence-corrected chi connectivity index (χ0v) is 33.2. The van der Waals surface area contributed by atoms with Crippen LogP contribution < -0.4 is 15.9 Å². The highest BCUT2D eigenvalue weighted by atomic mass is 32.2. The Morgan fingerprint density at radius 3 is 1.93 bits per heavy atom. The second-order valence-electron chi connectivity index (χ2n) is 15.1. The van der Waals surface area contributed by atoms with Crippen LogP contribution in [0.25, 0.3) is 55.6 Å². The van der Waals surface area contributed by atoms with E-state index in [0.717, 1.165) is 98.0 Å². The highest BCUT2D eigenvalue weighted by Crippen LogP contribution is 2.62. The van der Waals surface area contributed by atoms with E-state index in [1.807, 2.05) is 85.2 Å². The van der Waals surface area contributed by atoms with Gasteiger partial charge in [-0.15, -0.1) is 0 Å². The van der Waals surface area contributed by atoms with Gasteiger partial charge in [-0.25, -0.2) is 4.98 Å². The molecule has 59 heavy (non-hydrogen) atoms. The smallest absolute Gasteiger partial charge is 0.171 e. The van der Waals surface area contributed by atoms with Gasteiger partial charge in [0, 0.05) is 72.4 Å². The molecule has 0 saturated heterocycles. The van der Waals surface area contributed by atoms with Crippen LogP contribution in [0.1, 0.15) is 22.3 Å². The molecule has 0 N–H and O–H groups in total. The van der Waals surface area contributed by atoms with Gasteiger partial charge in [0.15, 0.2) is 7.14 Å². The molecule has 6 aromatic carbocycles. The first-order valence-corrected chi connectivity index (χ1v) is 22.1. The minimum absolute atomic E-state index is 0.731. The van der Waals surface area contributed by atoms with E-state index in [1.165, 1.54) is 5.56 Å². The van der Waals surface area contributed by atoms with Crippen molar-refractivity contribution in [3.63, 3.8) is 0 Å². The van der Waals surface area contributed by atoms with Crippen molar-refractivity contribution in [3.8, 4) is 33.6 Å². The maximum Gasteiger partial charge on any atom is 0.171 e. The number of hydrogen-bond acceptors (Lipinski definition) is 6. The first kappa shape index (κ1) is 34.2. The van der Waals surface area contributed by atoms with E-state index in [0.29, 0.717) is 0 Å². The number of aromatic nitrogens is 3. The van der Waals surface area contributed by atoms with E-state index in [4.69, 9.17) is 9.40 Å². The largest absolute Gasteiger partial charge is 0.456 e. The molecule has 4 aromatic heterocycles. The van der Waals surface area contributed by atoms with Gasteiger partial charge in [0.1, 0.15) is 11.2 Å². The Morgan fingerprint density at radius 1 is 0.458 bits per heavy atom. The first-order valence-electron chi connectivity index (χ1n) is 19.6. The molecule has 2 unspecified atom stereocenters. The van der Waals surface area contributed by atoms with Crippen LogP contribution in [0.5, 0.6) is 0 Å². The average molecular weight is 794 g/mol. The number of rotatable bonds is 4. The SMILES string of the molecule is O=P1(c2ccccc2)c2ccccc2C2(c3ccccc3Sc3cc(-c4cc(-c5ccncc5)cc(-c5ccncc5)n4)ccc32)c2cc3c(cc21)oc1ccccc13. The summed E-state index contributed by atoms with van der Waals surface area (Å²) in [6, 6.07) is 58.9. The lowest BCUT2D eigenvalue weighted by molar-refractivity contribution is 0.589. The maximum absolute atomic E-state index is 16.5. The third-order valence-electron chi connectivity index (χ3n) is 12.0. The number of nitrogens with zero attached hydrogens (tertiary/aromatic N) is 3. The van der Waals surface area contributed by atoms with Gasteiger partial charge < -0.3 is 8.98 Å². The lowest BCUT2D eigenvalue weighted by Crippen LogP contribution is -2.48. The third-order valence-corrected chi connectivity index (χ3v) is 16.3. The Labute approximate surface area is 344 Å². The van der Waals surface area contributed by atoms with Crippen molar-refractivity contribution in [2.45, 2.75) is 15.2 Å². The van der Waals surface area contributed by atoms with Crippen molar-refractivity contribution in [1.29, 1.82) is 0 Å². The van der Waals surface area contributed by atoms with Crippen molar-refractivity contribution < 1.29 is 8.98 Å². The first-order chi connectivity index (χ1) is 29.1. The molecule has 6 heterocycles. The molecule has 0 radical (unpaired) electrons. The van der Waals surface area contributed by atoms with Gasteiger partial charge in [-0.1, -0.05) is 115 Å². The summed E-state index contributed by atoms with van der Waals surface area (Å²) in [6.07, 6.45) is 7.26. The van der Waals surface area contributed by atoms with E-state index in [1.54, 1.807) is 24.2 Å². The van der Waals surface area contributed by atoms with Crippen molar-refractivity contribution in [2.24, 2.45) is 0 Å². The fourth-order valence-corrected chi connectivity index (χ4v) is 13.8. The number of furan rings is 1. The Kier molecular flexibility index (Phi) is 7.59. The average Bonchev–Trinajstić information content (AvgIpc) is 3.68. The molecule has 1 spiro atoms. The molecule has 278 valence electrons. The van der Waals surface area contributed by atoms with E-state index in [9.17, 15) is 0 Å². The van der Waals surface area contributed by atoms with Crippen LogP contribution in [0.2, 0.25) is 0 Å². The predicted molar refractivity (Wildman–Crippen MR) is 239 cm³/mol. The summed E-state index contributed by atoms with van der Waals surface area (Å²) >= 11 is 1.78. The molecule has 0 bridgehead atoms. The van der Waals surface area contributed by atoms with Crippen LogP contribution in [0.15, 0.2) is 209 Å². The van der Waals surface area contributed by atoms with Gasteiger partial charge in [0.05, 0.1) is 16.8 Å². The number of fused-ring (bicyclic) bond motifs is 11. The molecule has 2 aliphatic heterocycles. The molecule has 0 aliphatic carbocycles. The maximum atomic E-state index is 16.5. The summed E-state index contributed by atoms with van der Waals surface area (Å²) in [7, 11) is -3.42. The Hall–Kier alpha value is -6.85. The Morgan fingerprint density at radius 2 is 1.12 bits per heavy atom. The summed E-state index contributed by atoms with van der Waals surface area (Å²) in [4.78, 5) is 16.1. The molecule has 5 nitrogen and oxygen atoms in total. The summed E-state index contributed by atoms with van der Waals surface area (Å²) < 4.78 is 23.0. The zero-order valence-electron chi connectivity index (χ0n) is 31.5. The van der Waals surface area contributed by atoms with Gasteiger partial charge in [-0.05, 0) is 100 Å². The van der Waals surface area contributed by atoms with Crippen LogP contribution in [0, 0.1) is 0 Å². The van der Waals surface area contributed by atoms with Crippen LogP contribution in [-0.2, 0) is 9.98 Å². The van der Waals surface area contributed by atoms with Gasteiger partial charge in [0.2, 0.25) is 0 Å². The highest BCUT2D eigenvalue weighted by Gasteiger charge is 2.54. The van der Waals surface area contributed by atoms with E-state index in [-0.39, 0.29) is 0 Å². The van der Waals surface area contributed by atoms with Crippen LogP contribution in [-0.4, -0.2) is 15.0 Å². The molecule has 10 aromatic rings. The molecular formula is C52H32N3O2PS. The molecule has 2 aliphatic rings. The van der Waals surface area contributed by atoms with Gasteiger partial charge in [0.25, 0.3) is 0 Å². The monoisotopic (exact) mass is 793 g/mol. The van der Waals surface area contributed by atoms with Crippen molar-refractivity contribution in [3.05, 3.63) is 217 Å². The van der Waals surface area contributed by atoms with Crippen LogP contribution in [0.3, 0.4) is 0 Å². The predicted octanol–water partition coefficient (Wildman–Crippen LogP) is 11.6. The second-order valence-corrected chi connectivity index (χ2v) is 18.9. The Bertz CT molecular complexity index is 3290. The minimum atomic E-state index is -3.42. The Balaban J connectivity index is 1.17. The summed E-state index contributed by atoms with van der Waals surface area (Å²) in [5.74, 6) is 0. The summed E-state index contributed by atoms with van der Waals surface area (Å²) in [5, 5.41) is 4.50. The zero-order chi connectivity index (χ0) is 39.1. The lowest BCUT2D eigenvalue weighted by atomic mass is 9.64. The number of pyridine rings is 3. The fraction of sp³-hybridized carbons (Fsp3) is 0.0192. The molecule has 7 heteroatoms.